The highest BCUT2D eigenvalue weighted by Gasteiger charge is 2.27. The maximum atomic E-state index is 11.8. The first kappa shape index (κ1) is 20.5. The molecule has 146 valence electrons. The lowest BCUT2D eigenvalue weighted by Crippen LogP contribution is -2.32. The highest BCUT2D eigenvalue weighted by atomic mass is 16.6. The van der Waals surface area contributed by atoms with E-state index in [9.17, 15) is 10.1 Å². The molecule has 0 unspecified atom stereocenters. The molecule has 0 saturated heterocycles. The zero-order chi connectivity index (χ0) is 19.8. The molecule has 0 bridgehead atoms. The van der Waals surface area contributed by atoms with E-state index >= 15 is 0 Å². The number of hydrogen-bond acceptors (Lipinski definition) is 8. The molecule has 1 N–H and O–H groups in total. The summed E-state index contributed by atoms with van der Waals surface area (Å²) < 4.78 is 10.2. The van der Waals surface area contributed by atoms with Crippen LogP contribution >= 0.6 is 0 Å². The average molecular weight is 375 g/mol. The van der Waals surface area contributed by atoms with Gasteiger partial charge in [-0.2, -0.15) is 0 Å². The molecule has 1 heterocycles. The van der Waals surface area contributed by atoms with Crippen molar-refractivity contribution in [1.29, 1.82) is 0 Å². The SMILES string of the molecule is COCCN(CCOC)c1ncnc(Nc2ccc(C)c(C)c2)c1[N+](=O)[O-]. The minimum absolute atomic E-state index is 0.146. The number of nitro groups is 1. The fourth-order valence-corrected chi connectivity index (χ4v) is 2.54. The standard InChI is InChI=1S/C18H25N5O4/c1-13-5-6-15(11-14(13)2)21-17-16(23(24)25)18(20-12-19-17)22(7-9-26-3)8-10-27-4/h5-6,11-12H,7-10H2,1-4H3,(H,19,20,21). The molecule has 0 aliphatic carbocycles. The second-order valence-electron chi connectivity index (χ2n) is 6.05. The van der Waals surface area contributed by atoms with E-state index in [1.54, 1.807) is 19.1 Å². The predicted octanol–water partition coefficient (Wildman–Crippen LogP) is 2.84. The number of methoxy groups -OCH3 is 2. The van der Waals surface area contributed by atoms with Gasteiger partial charge in [-0.3, -0.25) is 10.1 Å². The van der Waals surface area contributed by atoms with Crippen molar-refractivity contribution in [1.82, 2.24) is 9.97 Å². The number of nitrogens with one attached hydrogen (secondary N) is 1. The fraction of sp³-hybridized carbons (Fsp3) is 0.444. The fourth-order valence-electron chi connectivity index (χ4n) is 2.54. The Kier molecular flexibility index (Phi) is 7.44. The number of nitrogens with zero attached hydrogens (tertiary/aromatic N) is 4. The summed E-state index contributed by atoms with van der Waals surface area (Å²) in [6.07, 6.45) is 1.32. The molecule has 0 amide bonds. The van der Waals surface area contributed by atoms with Crippen molar-refractivity contribution in [2.45, 2.75) is 13.8 Å². The first-order valence-corrected chi connectivity index (χ1v) is 8.54. The summed E-state index contributed by atoms with van der Waals surface area (Å²) in [5.41, 5.74) is 2.77. The summed E-state index contributed by atoms with van der Waals surface area (Å²) in [5.74, 6) is 0.378. The lowest BCUT2D eigenvalue weighted by atomic mass is 10.1. The molecule has 0 aliphatic rings. The van der Waals surface area contributed by atoms with Gasteiger partial charge in [0.15, 0.2) is 0 Å². The average Bonchev–Trinajstić information content (AvgIpc) is 2.64. The lowest BCUT2D eigenvalue weighted by Gasteiger charge is -2.23. The van der Waals surface area contributed by atoms with Crippen molar-refractivity contribution in [2.24, 2.45) is 0 Å². The zero-order valence-electron chi connectivity index (χ0n) is 16.1. The van der Waals surface area contributed by atoms with Crippen LogP contribution in [0.1, 0.15) is 11.1 Å². The molecule has 1 aromatic carbocycles. The summed E-state index contributed by atoms with van der Waals surface area (Å²) in [5, 5.41) is 14.8. The highest BCUT2D eigenvalue weighted by molar-refractivity contribution is 5.74. The molecule has 0 fully saturated rings. The van der Waals surface area contributed by atoms with Crippen LogP contribution in [0.5, 0.6) is 0 Å². The van der Waals surface area contributed by atoms with Gasteiger partial charge in [0.25, 0.3) is 0 Å². The van der Waals surface area contributed by atoms with Crippen molar-refractivity contribution in [3.8, 4) is 0 Å². The van der Waals surface area contributed by atoms with Crippen LogP contribution in [0, 0.1) is 24.0 Å². The Bertz CT molecular complexity index is 776. The number of hydrogen-bond donors (Lipinski definition) is 1. The molecule has 1 aromatic heterocycles. The lowest BCUT2D eigenvalue weighted by molar-refractivity contribution is -0.383. The van der Waals surface area contributed by atoms with Crippen LogP contribution in [0.3, 0.4) is 0 Å². The third-order valence-electron chi connectivity index (χ3n) is 4.19. The molecule has 9 heteroatoms. The van der Waals surface area contributed by atoms with Gasteiger partial charge in [0, 0.05) is 33.0 Å². The number of aromatic nitrogens is 2. The van der Waals surface area contributed by atoms with Crippen LogP contribution in [0.4, 0.5) is 23.0 Å². The molecular weight excluding hydrogens is 350 g/mol. The van der Waals surface area contributed by atoms with Crippen molar-refractivity contribution in [3.05, 3.63) is 45.8 Å². The van der Waals surface area contributed by atoms with Gasteiger partial charge in [-0.25, -0.2) is 9.97 Å². The summed E-state index contributed by atoms with van der Waals surface area (Å²) in [4.78, 5) is 21.4. The Morgan fingerprint density at radius 2 is 1.78 bits per heavy atom. The molecule has 0 saturated carbocycles. The van der Waals surface area contributed by atoms with Gasteiger partial charge in [-0.15, -0.1) is 0 Å². The summed E-state index contributed by atoms with van der Waals surface area (Å²) >= 11 is 0. The van der Waals surface area contributed by atoms with Crippen molar-refractivity contribution in [3.63, 3.8) is 0 Å². The van der Waals surface area contributed by atoms with Gasteiger partial charge in [0.1, 0.15) is 6.33 Å². The maximum Gasteiger partial charge on any atom is 0.353 e. The molecule has 2 rings (SSSR count). The van der Waals surface area contributed by atoms with E-state index in [-0.39, 0.29) is 17.3 Å². The van der Waals surface area contributed by atoms with Crippen LogP contribution in [0.2, 0.25) is 0 Å². The Morgan fingerprint density at radius 3 is 2.33 bits per heavy atom. The maximum absolute atomic E-state index is 11.8. The molecule has 0 radical (unpaired) electrons. The summed E-state index contributed by atoms with van der Waals surface area (Å²) in [6, 6.07) is 5.74. The van der Waals surface area contributed by atoms with Gasteiger partial charge in [-0.1, -0.05) is 6.07 Å². The second-order valence-corrected chi connectivity index (χ2v) is 6.05. The van der Waals surface area contributed by atoms with Gasteiger partial charge in [0.05, 0.1) is 18.1 Å². The van der Waals surface area contributed by atoms with Gasteiger partial charge < -0.3 is 19.7 Å². The van der Waals surface area contributed by atoms with E-state index in [0.29, 0.717) is 26.3 Å². The quantitative estimate of drug-likeness (QED) is 0.499. The molecule has 0 aliphatic heterocycles. The van der Waals surface area contributed by atoms with Crippen LogP contribution < -0.4 is 10.2 Å². The molecule has 0 spiro atoms. The highest BCUT2D eigenvalue weighted by Crippen LogP contribution is 2.33. The molecule has 0 atom stereocenters. The number of anilines is 3. The van der Waals surface area contributed by atoms with Crippen LogP contribution in [0.25, 0.3) is 0 Å². The van der Waals surface area contributed by atoms with Crippen LogP contribution in [-0.2, 0) is 9.47 Å². The normalized spacial score (nSPS) is 10.7. The second kappa shape index (κ2) is 9.79. The van der Waals surface area contributed by atoms with Gasteiger partial charge >= 0.3 is 5.69 Å². The third-order valence-corrected chi connectivity index (χ3v) is 4.19. The van der Waals surface area contributed by atoms with Crippen LogP contribution in [0.15, 0.2) is 24.5 Å². The number of ether oxygens (including phenoxy) is 2. The predicted molar refractivity (Wildman–Crippen MR) is 104 cm³/mol. The molecule has 27 heavy (non-hydrogen) atoms. The molecule has 9 nitrogen and oxygen atoms in total. The molecule has 2 aromatic rings. The minimum atomic E-state index is -0.467. The monoisotopic (exact) mass is 375 g/mol. The Morgan fingerprint density at radius 1 is 1.11 bits per heavy atom. The van der Waals surface area contributed by atoms with Crippen LogP contribution in [-0.4, -0.2) is 55.4 Å². The first-order valence-electron chi connectivity index (χ1n) is 8.54. The van der Waals surface area contributed by atoms with Crippen molar-refractivity contribution < 1.29 is 14.4 Å². The topological polar surface area (TPSA) is 103 Å². The smallest absolute Gasteiger partial charge is 0.353 e. The summed E-state index contributed by atoms with van der Waals surface area (Å²) in [7, 11) is 3.16. The number of aryl methyl sites for hydroxylation is 2. The van der Waals surface area contributed by atoms with E-state index in [4.69, 9.17) is 9.47 Å². The van der Waals surface area contributed by atoms with E-state index in [0.717, 1.165) is 16.8 Å². The van der Waals surface area contributed by atoms with Crippen molar-refractivity contribution in [2.75, 3.05) is 50.7 Å². The number of benzene rings is 1. The Balaban J connectivity index is 2.41. The van der Waals surface area contributed by atoms with E-state index in [1.807, 2.05) is 32.0 Å². The van der Waals surface area contributed by atoms with Gasteiger partial charge in [-0.05, 0) is 37.1 Å². The Hall–Kier alpha value is -2.78. The van der Waals surface area contributed by atoms with Crippen molar-refractivity contribution >= 4 is 23.0 Å². The largest absolute Gasteiger partial charge is 0.383 e. The third kappa shape index (κ3) is 5.35. The Labute approximate surface area is 158 Å². The summed E-state index contributed by atoms with van der Waals surface area (Å²) in [6.45, 7) is 5.70. The van der Waals surface area contributed by atoms with Gasteiger partial charge in [0.2, 0.25) is 11.6 Å². The zero-order valence-corrected chi connectivity index (χ0v) is 16.1. The minimum Gasteiger partial charge on any atom is -0.383 e. The first-order chi connectivity index (χ1) is 13.0. The number of rotatable bonds is 10. The van der Waals surface area contributed by atoms with E-state index < -0.39 is 4.92 Å². The van der Waals surface area contributed by atoms with E-state index in [1.165, 1.54) is 6.33 Å². The van der Waals surface area contributed by atoms with E-state index in [2.05, 4.69) is 15.3 Å². The molecular formula is C18H25N5O4.